The van der Waals surface area contributed by atoms with Gasteiger partial charge in [-0.2, -0.15) is 0 Å². The molecule has 0 bridgehead atoms. The van der Waals surface area contributed by atoms with Crippen molar-refractivity contribution in [1.29, 1.82) is 0 Å². The molecule has 2 heterocycles. The first-order chi connectivity index (χ1) is 14.8. The summed E-state index contributed by atoms with van der Waals surface area (Å²) in [6.45, 7) is 3.44. The molecule has 0 spiro atoms. The van der Waals surface area contributed by atoms with Crippen molar-refractivity contribution >= 4 is 28.8 Å². The number of thiophene rings is 1. The molecule has 3 aromatic rings. The van der Waals surface area contributed by atoms with Crippen molar-refractivity contribution in [2.45, 2.75) is 26.7 Å². The van der Waals surface area contributed by atoms with Gasteiger partial charge in [0, 0.05) is 6.54 Å². The normalized spacial score (nSPS) is 10.9. The molecular formula is C21H20F3N3O3S. The lowest BCUT2D eigenvalue weighted by Crippen LogP contribution is -2.39. The molecule has 6 nitrogen and oxygen atoms in total. The van der Waals surface area contributed by atoms with Crippen LogP contribution in [-0.2, 0) is 16.0 Å². The minimum absolute atomic E-state index is 0.0759. The van der Waals surface area contributed by atoms with Crippen LogP contribution in [0.3, 0.4) is 0 Å². The Morgan fingerprint density at radius 1 is 1.19 bits per heavy atom. The zero-order valence-electron chi connectivity index (χ0n) is 16.9. The number of nitrogens with one attached hydrogen (secondary N) is 1. The van der Waals surface area contributed by atoms with Gasteiger partial charge in [0.2, 0.25) is 17.7 Å². The summed E-state index contributed by atoms with van der Waals surface area (Å²) in [7, 11) is 0. The van der Waals surface area contributed by atoms with Gasteiger partial charge in [-0.1, -0.05) is 13.0 Å². The Bertz CT molecular complexity index is 1080. The van der Waals surface area contributed by atoms with Gasteiger partial charge in [0.05, 0.1) is 29.2 Å². The number of hydrogen-bond donors (Lipinski definition) is 1. The van der Waals surface area contributed by atoms with Crippen LogP contribution in [0.2, 0.25) is 0 Å². The van der Waals surface area contributed by atoms with Crippen molar-refractivity contribution in [3.63, 3.8) is 0 Å². The summed E-state index contributed by atoms with van der Waals surface area (Å²) in [5, 5.41) is 4.06. The van der Waals surface area contributed by atoms with E-state index in [0.29, 0.717) is 29.8 Å². The number of carbonyl (C=O) groups excluding carboxylic acids is 2. The molecule has 0 fully saturated rings. The molecule has 0 aliphatic heterocycles. The topological polar surface area (TPSA) is 75.4 Å². The molecular weight excluding hydrogens is 431 g/mol. The maximum atomic E-state index is 13.8. The molecule has 0 saturated carbocycles. The van der Waals surface area contributed by atoms with E-state index < -0.39 is 29.0 Å². The fourth-order valence-electron chi connectivity index (χ4n) is 2.90. The minimum atomic E-state index is -1.68. The maximum Gasteiger partial charge on any atom is 0.244 e. The Kier molecular flexibility index (Phi) is 7.11. The average molecular weight is 451 g/mol. The highest BCUT2D eigenvalue weighted by Gasteiger charge is 2.22. The lowest BCUT2D eigenvalue weighted by atomic mass is 10.2. The van der Waals surface area contributed by atoms with Crippen molar-refractivity contribution in [1.82, 2.24) is 9.88 Å². The van der Waals surface area contributed by atoms with Crippen LogP contribution in [-0.4, -0.2) is 34.8 Å². The largest absolute Gasteiger partial charge is 0.440 e. The highest BCUT2D eigenvalue weighted by molar-refractivity contribution is 7.13. The van der Waals surface area contributed by atoms with Gasteiger partial charge in [0.1, 0.15) is 5.76 Å². The summed E-state index contributed by atoms with van der Waals surface area (Å²) in [5.41, 5.74) is -0.0395. The molecule has 1 N–H and O–H groups in total. The van der Waals surface area contributed by atoms with E-state index in [1.165, 1.54) is 16.2 Å². The van der Waals surface area contributed by atoms with Gasteiger partial charge in [-0.15, -0.1) is 11.3 Å². The molecule has 0 unspecified atom stereocenters. The van der Waals surface area contributed by atoms with E-state index in [0.717, 1.165) is 10.9 Å². The van der Waals surface area contributed by atoms with Crippen LogP contribution in [0.25, 0.3) is 10.8 Å². The molecule has 1 aromatic carbocycles. The van der Waals surface area contributed by atoms with E-state index in [4.69, 9.17) is 4.42 Å². The third kappa shape index (κ3) is 5.32. The summed E-state index contributed by atoms with van der Waals surface area (Å²) >= 11 is 1.46. The third-order valence-corrected chi connectivity index (χ3v) is 5.29. The fourth-order valence-corrected chi connectivity index (χ4v) is 3.55. The van der Waals surface area contributed by atoms with Crippen LogP contribution in [0.5, 0.6) is 0 Å². The first-order valence-corrected chi connectivity index (χ1v) is 10.4. The van der Waals surface area contributed by atoms with E-state index in [-0.39, 0.29) is 25.4 Å². The van der Waals surface area contributed by atoms with Gasteiger partial charge in [-0.3, -0.25) is 9.59 Å². The standard InChI is InChI=1S/C21H20F3N3O3S/c1-3-8-27(11-17(28)25-14-7-6-13(22)19(23)20(14)24)18(29)10-15-12(2)30-21(26-15)16-5-4-9-31-16/h4-7,9H,3,8,10-11H2,1-2H3,(H,25,28). The predicted molar refractivity (Wildman–Crippen MR) is 110 cm³/mol. The molecule has 2 aromatic heterocycles. The van der Waals surface area contributed by atoms with Crippen LogP contribution in [0.1, 0.15) is 24.8 Å². The van der Waals surface area contributed by atoms with Gasteiger partial charge in [-0.25, -0.2) is 18.2 Å². The molecule has 0 radical (unpaired) electrons. The number of rotatable bonds is 8. The molecule has 0 saturated heterocycles. The molecule has 2 amide bonds. The second-order valence-electron chi connectivity index (χ2n) is 6.76. The monoisotopic (exact) mass is 451 g/mol. The van der Waals surface area contributed by atoms with Crippen molar-refractivity contribution in [3.8, 4) is 10.8 Å². The number of amides is 2. The fraction of sp³-hybridized carbons (Fsp3) is 0.286. The van der Waals surface area contributed by atoms with Gasteiger partial charge in [0.15, 0.2) is 17.5 Å². The van der Waals surface area contributed by atoms with Crippen LogP contribution < -0.4 is 5.32 Å². The number of hydrogen-bond acceptors (Lipinski definition) is 5. The number of carbonyl (C=O) groups is 2. The summed E-state index contributed by atoms with van der Waals surface area (Å²) in [4.78, 5) is 31.6. The van der Waals surface area contributed by atoms with E-state index >= 15 is 0 Å². The van der Waals surface area contributed by atoms with E-state index in [9.17, 15) is 22.8 Å². The highest BCUT2D eigenvalue weighted by atomic mass is 32.1. The number of aromatic nitrogens is 1. The number of benzene rings is 1. The lowest BCUT2D eigenvalue weighted by molar-refractivity contribution is -0.134. The van der Waals surface area contributed by atoms with Gasteiger partial charge in [0.25, 0.3) is 0 Å². The second-order valence-corrected chi connectivity index (χ2v) is 7.71. The lowest BCUT2D eigenvalue weighted by Gasteiger charge is -2.21. The number of aryl methyl sites for hydroxylation is 1. The second kappa shape index (κ2) is 9.78. The van der Waals surface area contributed by atoms with Gasteiger partial charge >= 0.3 is 0 Å². The number of anilines is 1. The molecule has 0 aliphatic rings. The Hall–Kier alpha value is -3.14. The van der Waals surface area contributed by atoms with Crippen molar-refractivity contribution in [3.05, 3.63) is 58.6 Å². The van der Waals surface area contributed by atoms with Crippen LogP contribution >= 0.6 is 11.3 Å². The van der Waals surface area contributed by atoms with Crippen LogP contribution in [0.4, 0.5) is 18.9 Å². The zero-order chi connectivity index (χ0) is 22.5. The molecule has 0 atom stereocenters. The summed E-state index contributed by atoms with van der Waals surface area (Å²) in [6, 6.07) is 5.35. The quantitative estimate of drug-likeness (QED) is 0.510. The average Bonchev–Trinajstić information content (AvgIpc) is 3.38. The van der Waals surface area contributed by atoms with Crippen LogP contribution in [0.15, 0.2) is 34.1 Å². The van der Waals surface area contributed by atoms with Gasteiger partial charge in [-0.05, 0) is 36.9 Å². The number of halogens is 3. The number of oxazole rings is 1. The molecule has 3 rings (SSSR count). The first-order valence-electron chi connectivity index (χ1n) is 9.51. The van der Waals surface area contributed by atoms with E-state index in [1.54, 1.807) is 6.92 Å². The maximum absolute atomic E-state index is 13.8. The van der Waals surface area contributed by atoms with Crippen molar-refractivity contribution in [2.75, 3.05) is 18.4 Å². The minimum Gasteiger partial charge on any atom is -0.440 e. The molecule has 31 heavy (non-hydrogen) atoms. The summed E-state index contributed by atoms with van der Waals surface area (Å²) < 4.78 is 45.8. The van der Waals surface area contributed by atoms with Gasteiger partial charge < -0.3 is 14.6 Å². The highest BCUT2D eigenvalue weighted by Crippen LogP contribution is 2.26. The predicted octanol–water partition coefficient (Wildman–Crippen LogP) is 4.55. The smallest absolute Gasteiger partial charge is 0.244 e. The molecule has 0 aliphatic carbocycles. The van der Waals surface area contributed by atoms with Crippen molar-refractivity contribution < 1.29 is 27.2 Å². The van der Waals surface area contributed by atoms with E-state index in [1.807, 2.05) is 24.4 Å². The Morgan fingerprint density at radius 3 is 2.65 bits per heavy atom. The molecule has 164 valence electrons. The summed E-state index contributed by atoms with van der Waals surface area (Å²) in [6.07, 6.45) is 0.504. The van der Waals surface area contributed by atoms with Crippen molar-refractivity contribution in [2.24, 2.45) is 0 Å². The molecule has 10 heteroatoms. The number of nitrogens with zero attached hydrogens (tertiary/aromatic N) is 2. The summed E-state index contributed by atoms with van der Waals surface area (Å²) in [5.74, 6) is -4.71. The SMILES string of the molecule is CCCN(CC(=O)Nc1ccc(F)c(F)c1F)C(=O)Cc1nc(-c2cccs2)oc1C. The Balaban J connectivity index is 1.68. The Morgan fingerprint density at radius 2 is 1.97 bits per heavy atom. The zero-order valence-corrected chi connectivity index (χ0v) is 17.7. The van der Waals surface area contributed by atoms with E-state index in [2.05, 4.69) is 10.3 Å². The first kappa shape index (κ1) is 22.5. The van der Waals surface area contributed by atoms with Crippen LogP contribution in [0, 0.1) is 24.4 Å². The third-order valence-electron chi connectivity index (χ3n) is 4.43. The Labute approximate surface area is 180 Å².